The van der Waals surface area contributed by atoms with E-state index in [1.807, 2.05) is 0 Å². The highest BCUT2D eigenvalue weighted by atomic mass is 32.2. The van der Waals surface area contributed by atoms with Crippen LogP contribution in [0.1, 0.15) is 29.9 Å². The molecule has 1 aliphatic carbocycles. The summed E-state index contributed by atoms with van der Waals surface area (Å²) in [6.07, 6.45) is 2.62. The first-order chi connectivity index (χ1) is 10.8. The molecule has 6 heteroatoms. The molecule has 122 valence electrons. The van der Waals surface area contributed by atoms with Gasteiger partial charge in [0.25, 0.3) is 0 Å². The number of nitrogens with two attached hydrogens (primary N) is 1. The molecule has 0 aliphatic heterocycles. The van der Waals surface area contributed by atoms with E-state index in [-0.39, 0.29) is 4.90 Å². The van der Waals surface area contributed by atoms with Gasteiger partial charge in [0.1, 0.15) is 0 Å². The lowest BCUT2D eigenvalue weighted by atomic mass is 10.0. The molecule has 0 bridgehead atoms. The van der Waals surface area contributed by atoms with Gasteiger partial charge in [-0.1, -0.05) is 18.2 Å². The third-order valence-corrected chi connectivity index (χ3v) is 5.28. The predicted octanol–water partition coefficient (Wildman–Crippen LogP) is 3.35. The Morgan fingerprint density at radius 1 is 1.04 bits per heavy atom. The monoisotopic (exact) mass is 337 g/mol. The molecule has 0 unspecified atom stereocenters. The van der Waals surface area contributed by atoms with Crippen LogP contribution in [-0.4, -0.2) is 8.42 Å². The number of rotatable bonds is 5. The maximum absolute atomic E-state index is 13.2. The topological polar surface area (TPSA) is 60.2 Å². The van der Waals surface area contributed by atoms with Gasteiger partial charge in [-0.2, -0.15) is 0 Å². The first-order valence-electron chi connectivity index (χ1n) is 7.41. The van der Waals surface area contributed by atoms with E-state index in [9.17, 15) is 17.2 Å². The highest BCUT2D eigenvalue weighted by Gasteiger charge is 2.37. The summed E-state index contributed by atoms with van der Waals surface area (Å²) in [4.78, 5) is 0.111. The predicted molar refractivity (Wildman–Crippen MR) is 83.3 cm³/mol. The van der Waals surface area contributed by atoms with Gasteiger partial charge in [0.15, 0.2) is 11.6 Å². The minimum atomic E-state index is -3.66. The van der Waals surface area contributed by atoms with Crippen molar-refractivity contribution in [3.8, 4) is 0 Å². The Labute approximate surface area is 134 Å². The number of aryl methyl sites for hydroxylation is 1. The second kappa shape index (κ2) is 6.02. The molecule has 0 amide bonds. The number of sulfonamides is 1. The third-order valence-electron chi connectivity index (χ3n) is 4.35. The summed E-state index contributed by atoms with van der Waals surface area (Å²) in [6, 6.07) is 10.6. The Hall–Kier alpha value is -1.79. The van der Waals surface area contributed by atoms with Gasteiger partial charge >= 0.3 is 0 Å². The number of halogens is 2. The average Bonchev–Trinajstić information content (AvgIpc) is 3.27. The van der Waals surface area contributed by atoms with E-state index in [2.05, 4.69) is 0 Å². The quantitative estimate of drug-likeness (QED) is 0.909. The Balaban J connectivity index is 1.58. The van der Waals surface area contributed by atoms with E-state index in [1.54, 1.807) is 18.2 Å². The van der Waals surface area contributed by atoms with Crippen LogP contribution in [0.5, 0.6) is 0 Å². The fourth-order valence-electron chi connectivity index (χ4n) is 2.93. The van der Waals surface area contributed by atoms with Crippen molar-refractivity contribution in [2.24, 2.45) is 11.1 Å². The first kappa shape index (κ1) is 16.1. The van der Waals surface area contributed by atoms with E-state index in [0.29, 0.717) is 18.3 Å². The number of benzene rings is 2. The normalized spacial score (nSPS) is 20.5. The minimum Gasteiger partial charge on any atom is -0.225 e. The largest absolute Gasteiger partial charge is 0.238 e. The van der Waals surface area contributed by atoms with Crippen molar-refractivity contribution >= 4 is 10.0 Å². The SMILES string of the molecule is NS(=O)(=O)c1ccc([C@H]2C[C@@H]2CCc2ccc(F)c(F)c2)cc1. The molecule has 0 radical (unpaired) electrons. The Kier molecular flexibility index (Phi) is 4.21. The summed E-state index contributed by atoms with van der Waals surface area (Å²) in [7, 11) is -3.66. The molecule has 1 aliphatic rings. The fourth-order valence-corrected chi connectivity index (χ4v) is 3.44. The third kappa shape index (κ3) is 3.76. The van der Waals surface area contributed by atoms with Crippen LogP contribution < -0.4 is 5.14 Å². The van der Waals surface area contributed by atoms with Gasteiger partial charge in [-0.15, -0.1) is 0 Å². The fraction of sp³-hybridized carbons (Fsp3) is 0.294. The second-order valence-electron chi connectivity index (χ2n) is 6.00. The van der Waals surface area contributed by atoms with Crippen molar-refractivity contribution in [1.82, 2.24) is 0 Å². The zero-order valence-electron chi connectivity index (χ0n) is 12.4. The van der Waals surface area contributed by atoms with Crippen molar-refractivity contribution < 1.29 is 17.2 Å². The second-order valence-corrected chi connectivity index (χ2v) is 7.56. The summed E-state index contributed by atoms with van der Waals surface area (Å²) in [6.45, 7) is 0. The molecule has 0 saturated heterocycles. The Morgan fingerprint density at radius 3 is 2.35 bits per heavy atom. The molecule has 2 aromatic rings. The minimum absolute atomic E-state index is 0.111. The highest BCUT2D eigenvalue weighted by Crippen LogP contribution is 2.50. The first-order valence-corrected chi connectivity index (χ1v) is 8.96. The number of hydrogen-bond acceptors (Lipinski definition) is 2. The van der Waals surface area contributed by atoms with E-state index in [1.165, 1.54) is 18.2 Å². The van der Waals surface area contributed by atoms with Crippen LogP contribution in [-0.2, 0) is 16.4 Å². The molecule has 1 saturated carbocycles. The van der Waals surface area contributed by atoms with Crippen molar-refractivity contribution in [3.63, 3.8) is 0 Å². The lowest BCUT2D eigenvalue weighted by Gasteiger charge is -2.04. The lowest BCUT2D eigenvalue weighted by molar-refractivity contribution is 0.506. The van der Waals surface area contributed by atoms with Gasteiger partial charge in [0.05, 0.1) is 4.90 Å². The number of primary sulfonamides is 1. The van der Waals surface area contributed by atoms with Crippen LogP contribution in [0.25, 0.3) is 0 Å². The van der Waals surface area contributed by atoms with E-state index in [0.717, 1.165) is 30.0 Å². The summed E-state index contributed by atoms with van der Waals surface area (Å²) < 4.78 is 48.5. The summed E-state index contributed by atoms with van der Waals surface area (Å²) in [5.41, 5.74) is 1.88. The van der Waals surface area contributed by atoms with Gasteiger partial charge < -0.3 is 0 Å². The van der Waals surface area contributed by atoms with Crippen LogP contribution in [0.2, 0.25) is 0 Å². The molecule has 2 aromatic carbocycles. The molecule has 3 nitrogen and oxygen atoms in total. The lowest BCUT2D eigenvalue weighted by Crippen LogP contribution is -2.11. The molecule has 23 heavy (non-hydrogen) atoms. The highest BCUT2D eigenvalue weighted by molar-refractivity contribution is 7.89. The molecule has 3 rings (SSSR count). The molecule has 0 aromatic heterocycles. The number of hydrogen-bond donors (Lipinski definition) is 1. The molecule has 1 fully saturated rings. The van der Waals surface area contributed by atoms with Gasteiger partial charge in [-0.05, 0) is 66.5 Å². The van der Waals surface area contributed by atoms with Crippen LogP contribution in [0, 0.1) is 17.6 Å². The van der Waals surface area contributed by atoms with E-state index in [4.69, 9.17) is 5.14 Å². The summed E-state index contributed by atoms with van der Waals surface area (Å²) in [5, 5.41) is 5.08. The van der Waals surface area contributed by atoms with Crippen LogP contribution in [0.15, 0.2) is 47.4 Å². The molecule has 0 spiro atoms. The molecular weight excluding hydrogens is 320 g/mol. The van der Waals surface area contributed by atoms with Crippen LogP contribution in [0.3, 0.4) is 0 Å². The average molecular weight is 337 g/mol. The maximum atomic E-state index is 13.2. The molecule has 2 N–H and O–H groups in total. The smallest absolute Gasteiger partial charge is 0.225 e. The van der Waals surface area contributed by atoms with Gasteiger partial charge in [-0.3, -0.25) is 0 Å². The van der Waals surface area contributed by atoms with Crippen molar-refractivity contribution in [1.29, 1.82) is 0 Å². The van der Waals surface area contributed by atoms with E-state index < -0.39 is 21.7 Å². The molecule has 2 atom stereocenters. The van der Waals surface area contributed by atoms with Crippen molar-refractivity contribution in [2.45, 2.75) is 30.1 Å². The van der Waals surface area contributed by atoms with Crippen LogP contribution >= 0.6 is 0 Å². The summed E-state index contributed by atoms with van der Waals surface area (Å²) >= 11 is 0. The Morgan fingerprint density at radius 2 is 1.74 bits per heavy atom. The zero-order chi connectivity index (χ0) is 16.6. The van der Waals surface area contributed by atoms with E-state index >= 15 is 0 Å². The van der Waals surface area contributed by atoms with Gasteiger partial charge in [-0.25, -0.2) is 22.3 Å². The maximum Gasteiger partial charge on any atom is 0.238 e. The molecule has 0 heterocycles. The Bertz CT molecular complexity index is 819. The van der Waals surface area contributed by atoms with Crippen molar-refractivity contribution in [2.75, 3.05) is 0 Å². The molecular formula is C17H17F2NO2S. The zero-order valence-corrected chi connectivity index (χ0v) is 13.2. The van der Waals surface area contributed by atoms with Crippen molar-refractivity contribution in [3.05, 3.63) is 65.2 Å². The van der Waals surface area contributed by atoms with Crippen LogP contribution in [0.4, 0.5) is 8.78 Å². The van der Waals surface area contributed by atoms with Gasteiger partial charge in [0.2, 0.25) is 10.0 Å². The standard InChI is InChI=1S/C17H17F2NO2S/c18-16-8-2-11(9-17(16)19)1-3-13-10-15(13)12-4-6-14(7-5-12)23(20,21)22/h2,4-9,13,15H,1,3,10H2,(H2,20,21,22)/t13-,15+/m0/s1. The van der Waals surface area contributed by atoms with Gasteiger partial charge in [0, 0.05) is 0 Å². The summed E-state index contributed by atoms with van der Waals surface area (Å²) in [5.74, 6) is -0.750.